The van der Waals surface area contributed by atoms with Gasteiger partial charge >= 0.3 is 0 Å². The zero-order chi connectivity index (χ0) is 20.8. The van der Waals surface area contributed by atoms with Gasteiger partial charge in [0.1, 0.15) is 5.82 Å². The zero-order valence-electron chi connectivity index (χ0n) is 17.8. The molecule has 0 spiro atoms. The first-order valence-electron chi connectivity index (χ1n) is 10.8. The van der Waals surface area contributed by atoms with Crippen LogP contribution in [0, 0.1) is 5.92 Å². The summed E-state index contributed by atoms with van der Waals surface area (Å²) in [5.41, 5.74) is 5.34. The number of hydrogen-bond acceptors (Lipinski definition) is 4. The van der Waals surface area contributed by atoms with Gasteiger partial charge in [0.2, 0.25) is 0 Å². The summed E-state index contributed by atoms with van der Waals surface area (Å²) in [7, 11) is 0. The molecule has 0 saturated heterocycles. The van der Waals surface area contributed by atoms with Crippen molar-refractivity contribution in [3.63, 3.8) is 0 Å². The van der Waals surface area contributed by atoms with E-state index in [0.29, 0.717) is 12.5 Å². The molecule has 0 amide bonds. The Bertz CT molecular complexity index is 1070. The van der Waals surface area contributed by atoms with Gasteiger partial charge < -0.3 is 5.32 Å². The van der Waals surface area contributed by atoms with Gasteiger partial charge in [0.25, 0.3) is 0 Å². The summed E-state index contributed by atoms with van der Waals surface area (Å²) in [6.45, 7) is 5.25. The fourth-order valence-corrected chi connectivity index (χ4v) is 3.76. The second-order valence-corrected chi connectivity index (χ2v) is 7.96. The second kappa shape index (κ2) is 9.53. The SMILES string of the molecule is CCCCC(C)Cc1cnn2c(NCc3cccnc3)cc(-c3ccccc3)nc12. The topological polar surface area (TPSA) is 55.1 Å². The number of rotatable bonds is 9. The Labute approximate surface area is 178 Å². The lowest BCUT2D eigenvalue weighted by atomic mass is 9.97. The van der Waals surface area contributed by atoms with Gasteiger partial charge in [-0.1, -0.05) is 69.5 Å². The average molecular weight is 400 g/mol. The fraction of sp³-hybridized carbons (Fsp3) is 0.320. The van der Waals surface area contributed by atoms with Crippen LogP contribution in [0.15, 0.2) is 67.1 Å². The number of anilines is 1. The van der Waals surface area contributed by atoms with Crippen molar-refractivity contribution in [2.75, 3.05) is 5.32 Å². The quantitative estimate of drug-likeness (QED) is 0.388. The van der Waals surface area contributed by atoms with E-state index in [0.717, 1.165) is 34.7 Å². The monoisotopic (exact) mass is 399 g/mol. The molecule has 3 aromatic heterocycles. The van der Waals surface area contributed by atoms with Crippen LogP contribution in [0.3, 0.4) is 0 Å². The highest BCUT2D eigenvalue weighted by Crippen LogP contribution is 2.26. The minimum atomic E-state index is 0.618. The van der Waals surface area contributed by atoms with Gasteiger partial charge in [-0.05, 0) is 24.0 Å². The molecule has 0 aliphatic carbocycles. The first-order valence-corrected chi connectivity index (χ1v) is 10.8. The molecule has 1 N–H and O–H groups in total. The van der Waals surface area contributed by atoms with Crippen LogP contribution in [0.4, 0.5) is 5.82 Å². The number of aromatic nitrogens is 4. The fourth-order valence-electron chi connectivity index (χ4n) is 3.76. The lowest BCUT2D eigenvalue weighted by Gasteiger charge is -2.13. The van der Waals surface area contributed by atoms with Crippen LogP contribution in [0.1, 0.15) is 44.2 Å². The van der Waals surface area contributed by atoms with Crippen LogP contribution in [-0.2, 0) is 13.0 Å². The first kappa shape index (κ1) is 20.1. The molecular formula is C25H29N5. The molecule has 0 aliphatic heterocycles. The molecule has 0 saturated carbocycles. The van der Waals surface area contributed by atoms with E-state index < -0.39 is 0 Å². The van der Waals surface area contributed by atoms with E-state index in [1.165, 1.54) is 24.8 Å². The summed E-state index contributed by atoms with van der Waals surface area (Å²) >= 11 is 0. The minimum Gasteiger partial charge on any atom is -0.366 e. The van der Waals surface area contributed by atoms with E-state index in [2.05, 4.69) is 53.5 Å². The molecule has 1 aromatic carbocycles. The molecule has 5 nitrogen and oxygen atoms in total. The van der Waals surface area contributed by atoms with E-state index in [4.69, 9.17) is 4.98 Å². The molecule has 1 atom stereocenters. The summed E-state index contributed by atoms with van der Waals surface area (Å²) in [4.78, 5) is 9.21. The first-order chi connectivity index (χ1) is 14.7. The number of unbranched alkanes of at least 4 members (excludes halogenated alkanes) is 1. The molecule has 1 unspecified atom stereocenters. The molecule has 5 heteroatoms. The highest BCUT2D eigenvalue weighted by molar-refractivity contribution is 5.67. The number of nitrogens with zero attached hydrogens (tertiary/aromatic N) is 4. The second-order valence-electron chi connectivity index (χ2n) is 7.96. The maximum absolute atomic E-state index is 5.00. The van der Waals surface area contributed by atoms with Gasteiger partial charge in [-0.2, -0.15) is 9.61 Å². The largest absolute Gasteiger partial charge is 0.366 e. The van der Waals surface area contributed by atoms with Crippen molar-refractivity contribution < 1.29 is 0 Å². The van der Waals surface area contributed by atoms with Crippen LogP contribution in [0.5, 0.6) is 0 Å². The molecule has 154 valence electrons. The van der Waals surface area contributed by atoms with Crippen molar-refractivity contribution in [3.8, 4) is 11.3 Å². The number of pyridine rings is 1. The highest BCUT2D eigenvalue weighted by atomic mass is 15.3. The van der Waals surface area contributed by atoms with E-state index >= 15 is 0 Å². The van der Waals surface area contributed by atoms with Crippen molar-refractivity contribution in [1.82, 2.24) is 19.6 Å². The Morgan fingerprint density at radius 1 is 1.07 bits per heavy atom. The highest BCUT2D eigenvalue weighted by Gasteiger charge is 2.15. The Hall–Kier alpha value is -3.21. The third kappa shape index (κ3) is 4.67. The molecule has 0 bridgehead atoms. The molecule has 0 radical (unpaired) electrons. The Morgan fingerprint density at radius 3 is 2.70 bits per heavy atom. The minimum absolute atomic E-state index is 0.618. The zero-order valence-corrected chi connectivity index (χ0v) is 17.8. The third-order valence-corrected chi connectivity index (χ3v) is 5.43. The summed E-state index contributed by atoms with van der Waals surface area (Å²) in [6, 6.07) is 16.4. The lowest BCUT2D eigenvalue weighted by molar-refractivity contribution is 0.504. The molecule has 30 heavy (non-hydrogen) atoms. The summed E-state index contributed by atoms with van der Waals surface area (Å²) in [6.07, 6.45) is 10.4. The van der Waals surface area contributed by atoms with Crippen molar-refractivity contribution in [2.24, 2.45) is 5.92 Å². The normalized spacial score (nSPS) is 12.2. The van der Waals surface area contributed by atoms with Crippen LogP contribution < -0.4 is 5.32 Å². The standard InChI is InChI=1S/C25H29N5/c1-3-4-9-19(2)14-22-18-28-30-24(27-17-20-10-8-13-26-16-20)15-23(29-25(22)30)21-11-6-5-7-12-21/h5-8,10-13,15-16,18-19,27H,3-4,9,14,17H2,1-2H3. The predicted octanol–water partition coefficient (Wildman–Crippen LogP) is 5.77. The maximum atomic E-state index is 5.00. The smallest absolute Gasteiger partial charge is 0.161 e. The van der Waals surface area contributed by atoms with Gasteiger partial charge in [-0.3, -0.25) is 4.98 Å². The third-order valence-electron chi connectivity index (χ3n) is 5.43. The van der Waals surface area contributed by atoms with Crippen molar-refractivity contribution in [1.29, 1.82) is 0 Å². The molecule has 4 aromatic rings. The molecule has 4 rings (SSSR count). The van der Waals surface area contributed by atoms with Crippen LogP contribution in [0.25, 0.3) is 16.9 Å². The molecule has 0 aliphatic rings. The Kier molecular flexibility index (Phi) is 6.38. The molecular weight excluding hydrogens is 370 g/mol. The van der Waals surface area contributed by atoms with Crippen molar-refractivity contribution in [3.05, 3.63) is 78.2 Å². The number of fused-ring (bicyclic) bond motifs is 1. The summed E-state index contributed by atoms with van der Waals surface area (Å²) in [5.74, 6) is 1.56. The van der Waals surface area contributed by atoms with Gasteiger partial charge in [-0.25, -0.2) is 4.98 Å². The van der Waals surface area contributed by atoms with Crippen molar-refractivity contribution >= 4 is 11.5 Å². The van der Waals surface area contributed by atoms with E-state index in [9.17, 15) is 0 Å². The maximum Gasteiger partial charge on any atom is 0.161 e. The van der Waals surface area contributed by atoms with Gasteiger partial charge in [0.05, 0.1) is 11.9 Å². The Balaban J connectivity index is 1.69. The van der Waals surface area contributed by atoms with Gasteiger partial charge in [-0.15, -0.1) is 0 Å². The summed E-state index contributed by atoms with van der Waals surface area (Å²) < 4.78 is 1.94. The average Bonchev–Trinajstić information content (AvgIpc) is 3.20. The van der Waals surface area contributed by atoms with Crippen LogP contribution in [0.2, 0.25) is 0 Å². The van der Waals surface area contributed by atoms with Crippen LogP contribution >= 0.6 is 0 Å². The summed E-state index contributed by atoms with van der Waals surface area (Å²) in [5, 5.41) is 8.21. The van der Waals surface area contributed by atoms with E-state index in [1.54, 1.807) is 6.20 Å². The number of benzene rings is 1. The Morgan fingerprint density at radius 2 is 1.93 bits per heavy atom. The van der Waals surface area contributed by atoms with E-state index in [1.807, 2.05) is 41.2 Å². The molecule has 3 heterocycles. The number of nitrogens with one attached hydrogen (secondary N) is 1. The number of hydrogen-bond donors (Lipinski definition) is 1. The van der Waals surface area contributed by atoms with Crippen LogP contribution in [-0.4, -0.2) is 19.6 Å². The van der Waals surface area contributed by atoms with Gasteiger partial charge in [0.15, 0.2) is 5.65 Å². The predicted molar refractivity (Wildman–Crippen MR) is 122 cm³/mol. The van der Waals surface area contributed by atoms with Crippen molar-refractivity contribution in [2.45, 2.75) is 46.1 Å². The van der Waals surface area contributed by atoms with Gasteiger partial charge in [0, 0.05) is 36.1 Å². The molecule has 0 fully saturated rings. The van der Waals surface area contributed by atoms with E-state index in [-0.39, 0.29) is 0 Å². The lowest BCUT2D eigenvalue weighted by Crippen LogP contribution is -2.07.